The highest BCUT2D eigenvalue weighted by Gasteiger charge is 2.18. The second kappa shape index (κ2) is 8.79. The summed E-state index contributed by atoms with van der Waals surface area (Å²) in [5.41, 5.74) is 2.32. The molecule has 2 aromatic carbocycles. The molecule has 132 valence electrons. The van der Waals surface area contributed by atoms with E-state index in [1.807, 2.05) is 31.2 Å². The van der Waals surface area contributed by atoms with Gasteiger partial charge in [-0.05, 0) is 24.1 Å². The van der Waals surface area contributed by atoms with Crippen molar-refractivity contribution in [3.8, 4) is 0 Å². The molecule has 0 saturated heterocycles. The van der Waals surface area contributed by atoms with Crippen LogP contribution in [0.25, 0.3) is 0 Å². The minimum atomic E-state index is -0.619. The number of rotatable bonds is 8. The van der Waals surface area contributed by atoms with Crippen LogP contribution in [0.2, 0.25) is 0 Å². The molecule has 2 rings (SSSR count). The van der Waals surface area contributed by atoms with Gasteiger partial charge in [0.25, 0.3) is 5.69 Å². The first-order valence-electron chi connectivity index (χ1n) is 7.76. The third kappa shape index (κ3) is 5.02. The van der Waals surface area contributed by atoms with Crippen molar-refractivity contribution in [2.45, 2.75) is 13.5 Å². The minimum absolute atomic E-state index is 0.103. The first-order valence-corrected chi connectivity index (χ1v) is 7.76. The van der Waals surface area contributed by atoms with Crippen LogP contribution in [0.1, 0.15) is 21.5 Å². The van der Waals surface area contributed by atoms with Gasteiger partial charge in [0.15, 0.2) is 0 Å². The maximum atomic E-state index is 12.4. The van der Waals surface area contributed by atoms with Gasteiger partial charge >= 0.3 is 5.97 Å². The predicted octanol–water partition coefficient (Wildman–Crippen LogP) is 3.32. The molecule has 0 atom stereocenters. The van der Waals surface area contributed by atoms with Crippen molar-refractivity contribution >= 4 is 17.3 Å². The lowest BCUT2D eigenvalue weighted by Crippen LogP contribution is -2.13. The Morgan fingerprint density at radius 3 is 2.68 bits per heavy atom. The van der Waals surface area contributed by atoms with Crippen molar-refractivity contribution in [2.24, 2.45) is 0 Å². The maximum absolute atomic E-state index is 12.4. The number of nitrogens with zero attached hydrogens (tertiary/aromatic N) is 1. The summed E-state index contributed by atoms with van der Waals surface area (Å²) in [4.78, 5) is 22.9. The van der Waals surface area contributed by atoms with Gasteiger partial charge in [0.1, 0.15) is 6.61 Å². The van der Waals surface area contributed by atoms with E-state index >= 15 is 0 Å². The fourth-order valence-corrected chi connectivity index (χ4v) is 2.25. The van der Waals surface area contributed by atoms with Crippen LogP contribution in [0.5, 0.6) is 0 Å². The largest absolute Gasteiger partial charge is 0.457 e. The van der Waals surface area contributed by atoms with Crippen LogP contribution in [0.15, 0.2) is 42.5 Å². The van der Waals surface area contributed by atoms with Gasteiger partial charge in [-0.15, -0.1) is 0 Å². The summed E-state index contributed by atoms with van der Waals surface area (Å²) >= 11 is 0. The van der Waals surface area contributed by atoms with Gasteiger partial charge < -0.3 is 14.8 Å². The second-order valence-corrected chi connectivity index (χ2v) is 5.41. The van der Waals surface area contributed by atoms with Crippen molar-refractivity contribution < 1.29 is 19.2 Å². The quantitative estimate of drug-likeness (QED) is 0.342. The van der Waals surface area contributed by atoms with E-state index in [0.29, 0.717) is 18.8 Å². The SMILES string of the molecule is COCCNc1ccc([N+](=O)[O-])cc1C(=O)OCc1ccccc1C. The van der Waals surface area contributed by atoms with E-state index in [0.717, 1.165) is 11.1 Å². The van der Waals surface area contributed by atoms with E-state index in [2.05, 4.69) is 5.32 Å². The zero-order valence-electron chi connectivity index (χ0n) is 14.2. The molecule has 7 nitrogen and oxygen atoms in total. The molecule has 0 fully saturated rings. The smallest absolute Gasteiger partial charge is 0.340 e. The highest BCUT2D eigenvalue weighted by atomic mass is 16.6. The molecule has 0 aliphatic rings. The standard InChI is InChI=1S/C18H20N2O5/c1-13-5-3-4-6-14(13)12-25-18(21)16-11-15(20(22)23)7-8-17(16)19-9-10-24-2/h3-8,11,19H,9-10,12H2,1-2H3. The number of anilines is 1. The first-order chi connectivity index (χ1) is 12.0. The number of non-ortho nitro benzene ring substituents is 1. The number of carbonyl (C=O) groups excluding carboxylic acids is 1. The van der Waals surface area contributed by atoms with E-state index in [4.69, 9.17) is 9.47 Å². The fourth-order valence-electron chi connectivity index (χ4n) is 2.25. The third-order valence-electron chi connectivity index (χ3n) is 3.68. The molecule has 0 saturated carbocycles. The van der Waals surface area contributed by atoms with Crippen LogP contribution in [0, 0.1) is 17.0 Å². The number of esters is 1. The molecule has 0 aromatic heterocycles. The summed E-state index contributed by atoms with van der Waals surface area (Å²) in [6.45, 7) is 2.93. The molecule has 2 aromatic rings. The zero-order valence-corrected chi connectivity index (χ0v) is 14.2. The van der Waals surface area contributed by atoms with E-state index in [-0.39, 0.29) is 17.9 Å². The van der Waals surface area contributed by atoms with Gasteiger partial charge in [-0.3, -0.25) is 10.1 Å². The Kier molecular flexibility index (Phi) is 6.47. The van der Waals surface area contributed by atoms with Crippen molar-refractivity contribution in [3.05, 3.63) is 69.3 Å². The minimum Gasteiger partial charge on any atom is -0.457 e. The topological polar surface area (TPSA) is 90.7 Å². The van der Waals surface area contributed by atoms with E-state index in [9.17, 15) is 14.9 Å². The van der Waals surface area contributed by atoms with Gasteiger partial charge in [0.2, 0.25) is 0 Å². The number of methoxy groups -OCH3 is 1. The summed E-state index contributed by atoms with van der Waals surface area (Å²) in [5.74, 6) is -0.619. The Labute approximate surface area is 145 Å². The zero-order chi connectivity index (χ0) is 18.2. The molecule has 0 bridgehead atoms. The lowest BCUT2D eigenvalue weighted by atomic mass is 10.1. The number of hydrogen-bond donors (Lipinski definition) is 1. The molecule has 0 aliphatic heterocycles. The molecular weight excluding hydrogens is 324 g/mol. The van der Waals surface area contributed by atoms with Gasteiger partial charge in [-0.1, -0.05) is 24.3 Å². The molecule has 0 aliphatic carbocycles. The lowest BCUT2D eigenvalue weighted by Gasteiger charge is -2.12. The summed E-state index contributed by atoms with van der Waals surface area (Å²) in [7, 11) is 1.56. The normalized spacial score (nSPS) is 10.3. The molecule has 0 radical (unpaired) electrons. The summed E-state index contributed by atoms with van der Waals surface area (Å²) in [6.07, 6.45) is 0. The second-order valence-electron chi connectivity index (χ2n) is 5.41. The summed E-state index contributed by atoms with van der Waals surface area (Å²) in [6, 6.07) is 11.6. The number of ether oxygens (including phenoxy) is 2. The van der Waals surface area contributed by atoms with Crippen LogP contribution in [0.4, 0.5) is 11.4 Å². The highest BCUT2D eigenvalue weighted by molar-refractivity contribution is 5.96. The average Bonchev–Trinajstić information content (AvgIpc) is 2.61. The van der Waals surface area contributed by atoms with Crippen molar-refractivity contribution in [3.63, 3.8) is 0 Å². The molecule has 0 unspecified atom stereocenters. The first kappa shape index (κ1) is 18.4. The number of nitro groups is 1. The molecule has 0 heterocycles. The number of nitrogens with one attached hydrogen (secondary N) is 1. The lowest BCUT2D eigenvalue weighted by molar-refractivity contribution is -0.384. The number of aryl methyl sites for hydroxylation is 1. The number of carbonyl (C=O) groups is 1. The van der Waals surface area contributed by atoms with E-state index in [1.54, 1.807) is 7.11 Å². The monoisotopic (exact) mass is 344 g/mol. The van der Waals surface area contributed by atoms with Gasteiger partial charge in [0.05, 0.1) is 17.1 Å². The van der Waals surface area contributed by atoms with Gasteiger partial charge in [-0.25, -0.2) is 4.79 Å². The van der Waals surface area contributed by atoms with Crippen molar-refractivity contribution in [1.29, 1.82) is 0 Å². The Morgan fingerprint density at radius 1 is 1.24 bits per heavy atom. The molecule has 25 heavy (non-hydrogen) atoms. The van der Waals surface area contributed by atoms with Crippen LogP contribution in [0.3, 0.4) is 0 Å². The Balaban J connectivity index is 2.18. The maximum Gasteiger partial charge on any atom is 0.340 e. The molecule has 0 amide bonds. The number of hydrogen-bond acceptors (Lipinski definition) is 6. The molecule has 1 N–H and O–H groups in total. The third-order valence-corrected chi connectivity index (χ3v) is 3.68. The summed E-state index contributed by atoms with van der Waals surface area (Å²) in [5, 5.41) is 14.0. The number of nitro benzene ring substituents is 1. The van der Waals surface area contributed by atoms with Crippen molar-refractivity contribution in [1.82, 2.24) is 0 Å². The fraction of sp³-hybridized carbons (Fsp3) is 0.278. The van der Waals surface area contributed by atoms with Gasteiger partial charge in [-0.2, -0.15) is 0 Å². The van der Waals surface area contributed by atoms with Crippen LogP contribution in [-0.4, -0.2) is 31.2 Å². The van der Waals surface area contributed by atoms with E-state index in [1.165, 1.54) is 18.2 Å². The van der Waals surface area contributed by atoms with Gasteiger partial charge in [0, 0.05) is 31.5 Å². The molecule has 0 spiro atoms. The molecular formula is C18H20N2O5. The molecule has 7 heteroatoms. The van der Waals surface area contributed by atoms with E-state index < -0.39 is 10.9 Å². The Bertz CT molecular complexity index is 761. The van der Waals surface area contributed by atoms with Crippen molar-refractivity contribution in [2.75, 3.05) is 25.6 Å². The number of benzene rings is 2. The van der Waals surface area contributed by atoms with Crippen LogP contribution >= 0.6 is 0 Å². The predicted molar refractivity (Wildman–Crippen MR) is 93.8 cm³/mol. The Hall–Kier alpha value is -2.93. The van der Waals surface area contributed by atoms with Crippen LogP contribution in [-0.2, 0) is 16.1 Å². The summed E-state index contributed by atoms with van der Waals surface area (Å²) < 4.78 is 10.3. The van der Waals surface area contributed by atoms with Crippen LogP contribution < -0.4 is 5.32 Å². The average molecular weight is 344 g/mol. The highest BCUT2D eigenvalue weighted by Crippen LogP contribution is 2.23. The Morgan fingerprint density at radius 2 is 2.00 bits per heavy atom.